The van der Waals surface area contributed by atoms with Crippen LogP contribution in [0.2, 0.25) is 0 Å². The molecule has 0 aromatic carbocycles. The summed E-state index contributed by atoms with van der Waals surface area (Å²) < 4.78 is 0. The van der Waals surface area contributed by atoms with Crippen LogP contribution in [0.5, 0.6) is 0 Å². The van der Waals surface area contributed by atoms with Gasteiger partial charge in [0, 0.05) is 18.0 Å². The summed E-state index contributed by atoms with van der Waals surface area (Å²) in [5.41, 5.74) is 2.20. The molecule has 1 aliphatic rings. The smallest absolute Gasteiger partial charge is 0.322 e. The van der Waals surface area contributed by atoms with Crippen molar-refractivity contribution in [2.24, 2.45) is 0 Å². The summed E-state index contributed by atoms with van der Waals surface area (Å²) in [4.78, 5) is 45.5. The van der Waals surface area contributed by atoms with Crippen molar-refractivity contribution in [1.82, 2.24) is 25.7 Å². The number of carbonyl (C=O) groups is 3. The van der Waals surface area contributed by atoms with Gasteiger partial charge in [0.15, 0.2) is 0 Å². The number of hydrogen-bond acceptors (Lipinski definition) is 6. The van der Waals surface area contributed by atoms with E-state index >= 15 is 0 Å². The summed E-state index contributed by atoms with van der Waals surface area (Å²) in [5, 5.41) is 4.04. The SMILES string of the molecule is CCC1(CC)NC(=O)N(NC(=O)c2cnc(-c3cccnc3)s2)C1=O. The number of imide groups is 1. The van der Waals surface area contributed by atoms with Gasteiger partial charge in [-0.05, 0) is 25.0 Å². The Hall–Kier alpha value is -2.81. The van der Waals surface area contributed by atoms with Gasteiger partial charge in [-0.3, -0.25) is 20.0 Å². The first-order valence-corrected chi connectivity index (χ1v) is 8.66. The van der Waals surface area contributed by atoms with Crippen molar-refractivity contribution in [3.05, 3.63) is 35.6 Å². The minimum atomic E-state index is -0.959. The zero-order valence-corrected chi connectivity index (χ0v) is 14.6. The summed E-state index contributed by atoms with van der Waals surface area (Å²) in [5.74, 6) is -1.01. The first kappa shape index (κ1) is 17.0. The number of pyridine rings is 1. The number of hydrogen-bond donors (Lipinski definition) is 2. The lowest BCUT2D eigenvalue weighted by molar-refractivity contribution is -0.133. The van der Waals surface area contributed by atoms with E-state index in [2.05, 4.69) is 20.7 Å². The van der Waals surface area contributed by atoms with Gasteiger partial charge in [0.25, 0.3) is 11.8 Å². The molecule has 130 valence electrons. The molecule has 0 radical (unpaired) electrons. The van der Waals surface area contributed by atoms with E-state index in [0.29, 0.717) is 22.7 Å². The maximum Gasteiger partial charge on any atom is 0.344 e. The van der Waals surface area contributed by atoms with Crippen LogP contribution in [0, 0.1) is 0 Å². The third kappa shape index (κ3) is 2.98. The number of nitrogens with zero attached hydrogens (tertiary/aromatic N) is 3. The zero-order chi connectivity index (χ0) is 18.0. The fraction of sp³-hybridized carbons (Fsp3) is 0.312. The fourth-order valence-electron chi connectivity index (χ4n) is 2.61. The van der Waals surface area contributed by atoms with Crippen LogP contribution in [-0.2, 0) is 4.79 Å². The summed E-state index contributed by atoms with van der Waals surface area (Å²) in [6, 6.07) is 2.99. The van der Waals surface area contributed by atoms with Crippen LogP contribution >= 0.6 is 11.3 Å². The molecule has 2 N–H and O–H groups in total. The number of rotatable bonds is 5. The Morgan fingerprint density at radius 3 is 2.68 bits per heavy atom. The Bertz CT molecular complexity index is 816. The zero-order valence-electron chi connectivity index (χ0n) is 13.8. The average Bonchev–Trinajstić information content (AvgIpc) is 3.22. The van der Waals surface area contributed by atoms with Crippen LogP contribution in [-0.4, -0.2) is 38.4 Å². The lowest BCUT2D eigenvalue weighted by Crippen LogP contribution is -2.49. The Morgan fingerprint density at radius 1 is 1.32 bits per heavy atom. The topological polar surface area (TPSA) is 104 Å². The highest BCUT2D eigenvalue weighted by Gasteiger charge is 2.49. The van der Waals surface area contributed by atoms with Crippen molar-refractivity contribution >= 4 is 29.2 Å². The Balaban J connectivity index is 1.76. The standard InChI is InChI=1S/C16H17N5O3S/c1-3-16(4-2)14(23)21(15(24)19-16)20-12(22)11-9-18-13(25-11)10-6-5-7-17-8-10/h5-9H,3-4H2,1-2H3,(H,19,24)(H,20,22). The van der Waals surface area contributed by atoms with Gasteiger partial charge >= 0.3 is 6.03 Å². The number of nitrogens with one attached hydrogen (secondary N) is 2. The van der Waals surface area contributed by atoms with E-state index in [9.17, 15) is 14.4 Å². The molecule has 0 saturated carbocycles. The third-order valence-electron chi connectivity index (χ3n) is 4.22. The number of thiazole rings is 1. The molecule has 0 spiro atoms. The molecular weight excluding hydrogens is 342 g/mol. The second-order valence-electron chi connectivity index (χ2n) is 5.57. The largest absolute Gasteiger partial charge is 0.344 e. The second-order valence-corrected chi connectivity index (χ2v) is 6.60. The number of carbonyl (C=O) groups excluding carboxylic acids is 3. The van der Waals surface area contributed by atoms with Crippen LogP contribution < -0.4 is 10.7 Å². The molecule has 2 aromatic rings. The first-order chi connectivity index (χ1) is 12.0. The molecule has 8 nitrogen and oxygen atoms in total. The molecule has 0 bridgehead atoms. The summed E-state index contributed by atoms with van der Waals surface area (Å²) >= 11 is 1.16. The van der Waals surface area contributed by atoms with Crippen LogP contribution in [0.4, 0.5) is 4.79 Å². The van der Waals surface area contributed by atoms with E-state index in [4.69, 9.17) is 0 Å². The minimum Gasteiger partial charge on any atom is -0.322 e. The van der Waals surface area contributed by atoms with Gasteiger partial charge < -0.3 is 5.32 Å². The van der Waals surface area contributed by atoms with Crippen molar-refractivity contribution in [3.8, 4) is 10.6 Å². The number of amides is 4. The minimum absolute atomic E-state index is 0.296. The molecule has 3 rings (SSSR count). The molecule has 0 unspecified atom stereocenters. The second kappa shape index (κ2) is 6.60. The molecule has 2 aromatic heterocycles. The van der Waals surface area contributed by atoms with Crippen LogP contribution in [0.3, 0.4) is 0 Å². The van der Waals surface area contributed by atoms with Crippen molar-refractivity contribution in [1.29, 1.82) is 0 Å². The maximum absolute atomic E-state index is 12.5. The highest BCUT2D eigenvalue weighted by molar-refractivity contribution is 7.16. The van der Waals surface area contributed by atoms with Gasteiger partial charge in [-0.1, -0.05) is 13.8 Å². The third-order valence-corrected chi connectivity index (χ3v) is 5.27. The molecular formula is C16H17N5O3S. The van der Waals surface area contributed by atoms with Crippen molar-refractivity contribution in [2.75, 3.05) is 0 Å². The summed E-state index contributed by atoms with van der Waals surface area (Å²) in [6.07, 6.45) is 5.61. The van der Waals surface area contributed by atoms with Gasteiger partial charge in [0.05, 0.1) is 6.20 Å². The van der Waals surface area contributed by atoms with Crippen molar-refractivity contribution in [3.63, 3.8) is 0 Å². The van der Waals surface area contributed by atoms with E-state index in [1.165, 1.54) is 6.20 Å². The Labute approximate surface area is 148 Å². The summed E-state index contributed by atoms with van der Waals surface area (Å²) in [7, 11) is 0. The lowest BCUT2D eigenvalue weighted by Gasteiger charge is -2.22. The molecule has 4 amide bonds. The van der Waals surface area contributed by atoms with Gasteiger partial charge in [0.2, 0.25) is 0 Å². The normalized spacial score (nSPS) is 16.0. The van der Waals surface area contributed by atoms with Crippen LogP contribution in [0.25, 0.3) is 10.6 Å². The quantitative estimate of drug-likeness (QED) is 0.794. The predicted molar refractivity (Wildman–Crippen MR) is 91.5 cm³/mol. The average molecular weight is 359 g/mol. The fourth-order valence-corrected chi connectivity index (χ4v) is 3.41. The maximum atomic E-state index is 12.5. The molecule has 25 heavy (non-hydrogen) atoms. The highest BCUT2D eigenvalue weighted by Crippen LogP contribution is 2.26. The van der Waals surface area contributed by atoms with Crippen LogP contribution in [0.1, 0.15) is 36.4 Å². The van der Waals surface area contributed by atoms with E-state index in [1.54, 1.807) is 18.5 Å². The molecule has 1 fully saturated rings. The van der Waals surface area contributed by atoms with E-state index < -0.39 is 23.4 Å². The van der Waals surface area contributed by atoms with E-state index in [0.717, 1.165) is 21.9 Å². The van der Waals surface area contributed by atoms with Crippen molar-refractivity contribution < 1.29 is 14.4 Å². The van der Waals surface area contributed by atoms with Crippen molar-refractivity contribution in [2.45, 2.75) is 32.2 Å². The molecule has 0 atom stereocenters. The monoisotopic (exact) mass is 359 g/mol. The lowest BCUT2D eigenvalue weighted by atomic mass is 9.93. The molecule has 9 heteroatoms. The van der Waals surface area contributed by atoms with Gasteiger partial charge in [-0.15, -0.1) is 11.3 Å². The molecule has 0 aliphatic carbocycles. The van der Waals surface area contributed by atoms with Gasteiger partial charge in [0.1, 0.15) is 15.4 Å². The molecule has 3 heterocycles. The predicted octanol–water partition coefficient (Wildman–Crippen LogP) is 1.96. The highest BCUT2D eigenvalue weighted by atomic mass is 32.1. The number of hydrazine groups is 1. The van der Waals surface area contributed by atoms with Crippen LogP contribution in [0.15, 0.2) is 30.7 Å². The summed E-state index contributed by atoms with van der Waals surface area (Å²) in [6.45, 7) is 3.63. The molecule has 1 aliphatic heterocycles. The first-order valence-electron chi connectivity index (χ1n) is 7.84. The number of urea groups is 1. The van der Waals surface area contributed by atoms with Gasteiger partial charge in [-0.2, -0.15) is 5.01 Å². The molecule has 1 saturated heterocycles. The Kier molecular flexibility index (Phi) is 4.49. The van der Waals surface area contributed by atoms with Gasteiger partial charge in [-0.25, -0.2) is 9.78 Å². The number of aromatic nitrogens is 2. The van der Waals surface area contributed by atoms with E-state index in [1.807, 2.05) is 19.9 Å². The van der Waals surface area contributed by atoms with E-state index in [-0.39, 0.29) is 0 Å². The Morgan fingerprint density at radius 2 is 2.08 bits per heavy atom.